The average Bonchev–Trinajstić information content (AvgIpc) is 3.44. The van der Waals surface area contributed by atoms with Crippen molar-refractivity contribution < 1.29 is 9.59 Å². The Labute approximate surface area is 178 Å². The van der Waals surface area contributed by atoms with Crippen LogP contribution in [0, 0.1) is 0 Å². The third-order valence-corrected chi connectivity index (χ3v) is 5.36. The molecule has 3 N–H and O–H groups in total. The molecule has 8 nitrogen and oxygen atoms in total. The normalized spacial score (nSPS) is 13.1. The number of aryl methyl sites for hydroxylation is 1. The summed E-state index contributed by atoms with van der Waals surface area (Å²) in [7, 11) is 0. The zero-order chi connectivity index (χ0) is 21.4. The Hall–Kier alpha value is -4.20. The molecule has 2 amide bonds. The molecule has 1 aliphatic heterocycles. The second-order valence-corrected chi connectivity index (χ2v) is 7.36. The van der Waals surface area contributed by atoms with E-state index in [1.54, 1.807) is 17.0 Å². The number of nitrogens with zero attached hydrogens (tertiary/aromatic N) is 3. The number of para-hydroxylation sites is 2. The molecular formula is C23H20N6O2. The van der Waals surface area contributed by atoms with E-state index >= 15 is 0 Å². The number of fused-ring (bicyclic) bond motifs is 2. The standard InChI is InChI=1S/C23H20N6O2/c1-2-21(30)29-11-5-6-14-12-15(9-10-19(14)29)23(31)26-20-13-18(27-28-20)22-24-16-7-3-4-8-17(16)25-22/h2-4,7-10,12-13H,1,5-6,11H2,(H,24,25)(H2,26,27,28,31). The largest absolute Gasteiger partial charge is 0.337 e. The van der Waals surface area contributed by atoms with E-state index in [0.29, 0.717) is 29.4 Å². The lowest BCUT2D eigenvalue weighted by Crippen LogP contribution is -2.34. The van der Waals surface area contributed by atoms with Crippen LogP contribution in [0.3, 0.4) is 0 Å². The molecule has 8 heteroatoms. The molecule has 31 heavy (non-hydrogen) atoms. The molecule has 3 heterocycles. The first-order valence-electron chi connectivity index (χ1n) is 10.0. The van der Waals surface area contributed by atoms with Gasteiger partial charge in [0.2, 0.25) is 5.91 Å². The van der Waals surface area contributed by atoms with Crippen LogP contribution in [0.15, 0.2) is 61.2 Å². The van der Waals surface area contributed by atoms with Gasteiger partial charge in [0, 0.05) is 23.9 Å². The lowest BCUT2D eigenvalue weighted by molar-refractivity contribution is -0.114. The molecule has 0 saturated heterocycles. The Morgan fingerprint density at radius 1 is 1.16 bits per heavy atom. The van der Waals surface area contributed by atoms with Crippen molar-refractivity contribution in [2.45, 2.75) is 12.8 Å². The van der Waals surface area contributed by atoms with Gasteiger partial charge >= 0.3 is 0 Å². The van der Waals surface area contributed by atoms with Gasteiger partial charge in [-0.2, -0.15) is 5.10 Å². The lowest BCUT2D eigenvalue weighted by atomic mass is 9.98. The van der Waals surface area contributed by atoms with Crippen LogP contribution in [0.5, 0.6) is 0 Å². The monoisotopic (exact) mass is 412 g/mol. The van der Waals surface area contributed by atoms with Gasteiger partial charge in [0.05, 0.1) is 11.0 Å². The molecule has 0 unspecified atom stereocenters. The maximum Gasteiger partial charge on any atom is 0.256 e. The van der Waals surface area contributed by atoms with E-state index < -0.39 is 0 Å². The Bertz CT molecular complexity index is 1290. The first kappa shape index (κ1) is 18.8. The number of hydrogen-bond acceptors (Lipinski definition) is 4. The Kier molecular flexibility index (Phi) is 4.59. The quantitative estimate of drug-likeness (QED) is 0.445. The molecule has 1 aliphatic rings. The highest BCUT2D eigenvalue weighted by Crippen LogP contribution is 2.29. The van der Waals surface area contributed by atoms with Gasteiger partial charge in [-0.1, -0.05) is 18.7 Å². The number of imidazole rings is 1. The Morgan fingerprint density at radius 3 is 2.87 bits per heavy atom. The number of aromatic amines is 2. The van der Waals surface area contributed by atoms with Crippen molar-refractivity contribution in [2.24, 2.45) is 0 Å². The van der Waals surface area contributed by atoms with Crippen molar-refractivity contribution in [3.05, 3.63) is 72.3 Å². The molecule has 0 fully saturated rings. The number of nitrogens with one attached hydrogen (secondary N) is 3. The van der Waals surface area contributed by atoms with Crippen molar-refractivity contribution in [2.75, 3.05) is 16.8 Å². The first-order chi connectivity index (χ1) is 15.1. The predicted molar refractivity (Wildman–Crippen MR) is 119 cm³/mol. The SMILES string of the molecule is C=CC(=O)N1CCCc2cc(C(=O)Nc3cc(-c4nc5ccccc5[nH]4)[nH]n3)ccc21. The van der Waals surface area contributed by atoms with Gasteiger partial charge in [0.25, 0.3) is 5.91 Å². The molecule has 0 radical (unpaired) electrons. The minimum atomic E-state index is -0.266. The maximum absolute atomic E-state index is 12.8. The highest BCUT2D eigenvalue weighted by molar-refractivity contribution is 6.06. The van der Waals surface area contributed by atoms with Gasteiger partial charge in [-0.05, 0) is 54.8 Å². The third kappa shape index (κ3) is 3.48. The summed E-state index contributed by atoms with van der Waals surface area (Å²) in [4.78, 5) is 34.3. The molecule has 0 aliphatic carbocycles. The number of H-pyrrole nitrogens is 2. The van der Waals surface area contributed by atoms with Crippen molar-refractivity contribution in [3.8, 4) is 11.5 Å². The highest BCUT2D eigenvalue weighted by Gasteiger charge is 2.22. The van der Waals surface area contributed by atoms with Crippen LogP contribution in [0.4, 0.5) is 11.5 Å². The van der Waals surface area contributed by atoms with E-state index in [9.17, 15) is 9.59 Å². The molecule has 2 aromatic heterocycles. The summed E-state index contributed by atoms with van der Waals surface area (Å²) in [5.41, 5.74) is 4.78. The maximum atomic E-state index is 12.8. The topological polar surface area (TPSA) is 107 Å². The molecule has 0 bridgehead atoms. The van der Waals surface area contributed by atoms with Crippen LogP contribution >= 0.6 is 0 Å². The molecular weight excluding hydrogens is 392 g/mol. The third-order valence-electron chi connectivity index (χ3n) is 5.36. The molecule has 0 saturated carbocycles. The van der Waals surface area contributed by atoms with Crippen molar-refractivity contribution in [1.29, 1.82) is 0 Å². The van der Waals surface area contributed by atoms with Crippen LogP contribution in [0.1, 0.15) is 22.3 Å². The molecule has 0 atom stereocenters. The van der Waals surface area contributed by atoms with E-state index in [2.05, 4.69) is 32.1 Å². The summed E-state index contributed by atoms with van der Waals surface area (Å²) in [6.45, 7) is 4.22. The minimum absolute atomic E-state index is 0.132. The fourth-order valence-corrected chi connectivity index (χ4v) is 3.85. The second kappa shape index (κ2) is 7.56. The fraction of sp³-hybridized carbons (Fsp3) is 0.130. The summed E-state index contributed by atoms with van der Waals surface area (Å²) in [5.74, 6) is 0.655. The van der Waals surface area contributed by atoms with Crippen LogP contribution in [-0.4, -0.2) is 38.5 Å². The number of anilines is 2. The van der Waals surface area contributed by atoms with E-state index in [-0.39, 0.29) is 11.8 Å². The van der Waals surface area contributed by atoms with Crippen LogP contribution in [0.2, 0.25) is 0 Å². The Balaban J connectivity index is 1.35. The summed E-state index contributed by atoms with van der Waals surface area (Å²) >= 11 is 0. The fourth-order valence-electron chi connectivity index (χ4n) is 3.85. The molecule has 0 spiro atoms. The van der Waals surface area contributed by atoms with Gasteiger partial charge < -0.3 is 15.2 Å². The number of carbonyl (C=O) groups is 2. The van der Waals surface area contributed by atoms with E-state index in [0.717, 1.165) is 35.1 Å². The number of hydrogen-bond donors (Lipinski definition) is 3. The minimum Gasteiger partial charge on any atom is -0.337 e. The van der Waals surface area contributed by atoms with Gasteiger partial charge in [-0.25, -0.2) is 4.98 Å². The highest BCUT2D eigenvalue weighted by atomic mass is 16.2. The zero-order valence-electron chi connectivity index (χ0n) is 16.7. The van der Waals surface area contributed by atoms with Crippen molar-refractivity contribution in [1.82, 2.24) is 20.2 Å². The molecule has 4 aromatic rings. The zero-order valence-corrected chi connectivity index (χ0v) is 16.7. The molecule has 5 rings (SSSR count). The van der Waals surface area contributed by atoms with Crippen molar-refractivity contribution in [3.63, 3.8) is 0 Å². The van der Waals surface area contributed by atoms with Crippen LogP contribution < -0.4 is 10.2 Å². The van der Waals surface area contributed by atoms with Crippen LogP contribution in [-0.2, 0) is 11.2 Å². The number of benzene rings is 2. The van der Waals surface area contributed by atoms with Gasteiger partial charge in [0.15, 0.2) is 11.6 Å². The first-order valence-corrected chi connectivity index (χ1v) is 10.0. The van der Waals surface area contributed by atoms with Gasteiger partial charge in [0.1, 0.15) is 5.69 Å². The number of carbonyl (C=O) groups excluding carboxylic acids is 2. The van der Waals surface area contributed by atoms with E-state index in [1.165, 1.54) is 6.08 Å². The lowest BCUT2D eigenvalue weighted by Gasteiger charge is -2.28. The number of aromatic nitrogens is 4. The average molecular weight is 412 g/mol. The van der Waals surface area contributed by atoms with E-state index in [4.69, 9.17) is 0 Å². The number of rotatable bonds is 4. The summed E-state index contributed by atoms with van der Waals surface area (Å²) in [6.07, 6.45) is 2.97. The Morgan fingerprint density at radius 2 is 2.03 bits per heavy atom. The molecule has 154 valence electrons. The van der Waals surface area contributed by atoms with Crippen LogP contribution in [0.25, 0.3) is 22.6 Å². The predicted octanol–water partition coefficient (Wildman–Crippen LogP) is 3.67. The summed E-state index contributed by atoms with van der Waals surface area (Å²) < 4.78 is 0. The number of amides is 2. The second-order valence-electron chi connectivity index (χ2n) is 7.36. The van der Waals surface area contributed by atoms with E-state index in [1.807, 2.05) is 36.4 Å². The smallest absolute Gasteiger partial charge is 0.256 e. The molecule has 2 aromatic carbocycles. The van der Waals surface area contributed by atoms with Gasteiger partial charge in [-0.15, -0.1) is 0 Å². The van der Waals surface area contributed by atoms with Crippen molar-refractivity contribution >= 4 is 34.4 Å². The summed E-state index contributed by atoms with van der Waals surface area (Å²) in [6, 6.07) is 14.8. The summed E-state index contributed by atoms with van der Waals surface area (Å²) in [5, 5.41) is 9.90. The van der Waals surface area contributed by atoms with Gasteiger partial charge in [-0.3, -0.25) is 14.7 Å².